The topological polar surface area (TPSA) is 165 Å². The summed E-state index contributed by atoms with van der Waals surface area (Å²) in [5.41, 5.74) is -1.27. The van der Waals surface area contributed by atoms with Gasteiger partial charge in [-0.05, 0) is 23.4 Å². The van der Waals surface area contributed by atoms with Crippen LogP contribution in [0.25, 0.3) is 11.4 Å². The number of carboxylic acids is 1. The number of hydrogen-bond acceptors (Lipinski definition) is 9. The Morgan fingerprint density at radius 3 is 2.54 bits per heavy atom. The van der Waals surface area contributed by atoms with E-state index in [4.69, 9.17) is 10.2 Å². The van der Waals surface area contributed by atoms with E-state index < -0.39 is 32.7 Å². The highest BCUT2D eigenvalue weighted by atomic mass is 32.2. The normalized spacial score (nSPS) is 12.3. The Morgan fingerprint density at radius 2 is 2.04 bits per heavy atom. The fourth-order valence-corrected chi connectivity index (χ4v) is 5.11. The third kappa shape index (κ3) is 4.13. The molecule has 0 atom stereocenters. The van der Waals surface area contributed by atoms with Crippen LogP contribution in [-0.4, -0.2) is 45.1 Å². The summed E-state index contributed by atoms with van der Waals surface area (Å²) >= 11 is 0.779. The zero-order valence-corrected chi connectivity index (χ0v) is 15.6. The maximum atomic E-state index is 13.0. The minimum atomic E-state index is -4.99. The maximum Gasteiger partial charge on any atom is 0.435 e. The van der Waals surface area contributed by atoms with E-state index in [1.165, 1.54) is 12.1 Å². The van der Waals surface area contributed by atoms with E-state index in [0.717, 1.165) is 6.07 Å². The van der Waals surface area contributed by atoms with E-state index in [-0.39, 0.29) is 31.3 Å². The molecule has 1 aromatic carbocycles. The predicted molar refractivity (Wildman–Crippen MR) is 89.2 cm³/mol. The van der Waals surface area contributed by atoms with Gasteiger partial charge in [-0.2, -0.15) is 18.4 Å². The standard InChI is InChI=1S/C12H7F3N6O4S3/c13-12(14,15)8-7(10(22)23)27-11(17-8)26-5-3-4(9-18-20-21-19-9)1-2-6(5)28(16,24)25/h1-3H,(H,22,23)(H2,16,24,25)(H,18,19,20,21). The number of thiazole rings is 1. The Hall–Kier alpha value is -2.56. The number of nitrogens with two attached hydrogens (primary N) is 1. The zero-order chi connectivity index (χ0) is 20.7. The number of nitrogens with one attached hydrogen (secondary N) is 1. The average Bonchev–Trinajstić information content (AvgIpc) is 3.22. The molecule has 0 saturated heterocycles. The molecule has 0 bridgehead atoms. The van der Waals surface area contributed by atoms with Crippen LogP contribution >= 0.6 is 23.1 Å². The Labute approximate surface area is 162 Å². The van der Waals surface area contributed by atoms with Crippen molar-refractivity contribution >= 4 is 39.1 Å². The van der Waals surface area contributed by atoms with E-state index in [9.17, 15) is 26.4 Å². The van der Waals surface area contributed by atoms with Gasteiger partial charge in [-0.3, -0.25) is 0 Å². The van der Waals surface area contributed by atoms with Gasteiger partial charge in [0.1, 0.15) is 4.88 Å². The van der Waals surface area contributed by atoms with Crippen molar-refractivity contribution in [2.45, 2.75) is 20.3 Å². The zero-order valence-electron chi connectivity index (χ0n) is 13.1. The number of carboxylic acid groups (broad SMARTS) is 1. The van der Waals surface area contributed by atoms with Crippen LogP contribution in [0, 0.1) is 0 Å². The predicted octanol–water partition coefficient (Wildman–Crippen LogP) is 1.84. The van der Waals surface area contributed by atoms with E-state index >= 15 is 0 Å². The summed E-state index contributed by atoms with van der Waals surface area (Å²) in [5, 5.41) is 27.1. The molecule has 28 heavy (non-hydrogen) atoms. The molecule has 3 aromatic rings. The van der Waals surface area contributed by atoms with Crippen molar-refractivity contribution in [3.05, 3.63) is 28.8 Å². The van der Waals surface area contributed by atoms with Crippen LogP contribution in [0.1, 0.15) is 15.4 Å². The van der Waals surface area contributed by atoms with Gasteiger partial charge in [-0.25, -0.2) is 23.3 Å². The smallest absolute Gasteiger partial charge is 0.435 e. The highest BCUT2D eigenvalue weighted by Crippen LogP contribution is 2.41. The first-order valence-corrected chi connectivity index (χ1v) is 10.0. The van der Waals surface area contributed by atoms with Crippen molar-refractivity contribution in [3.63, 3.8) is 0 Å². The molecule has 0 aliphatic carbocycles. The number of rotatable bonds is 5. The number of benzene rings is 1. The molecular weight excluding hydrogens is 445 g/mol. The van der Waals surface area contributed by atoms with E-state index in [0.29, 0.717) is 17.3 Å². The van der Waals surface area contributed by atoms with Gasteiger partial charge in [-0.15, -0.1) is 10.2 Å². The summed E-state index contributed by atoms with van der Waals surface area (Å²) in [6.07, 6.45) is -4.99. The van der Waals surface area contributed by atoms with Crippen molar-refractivity contribution in [1.29, 1.82) is 0 Å². The SMILES string of the molecule is NS(=O)(=O)c1ccc(-c2nn[nH]n2)cc1Sc1nc(C(F)(F)F)c(C(=O)O)s1. The lowest BCUT2D eigenvalue weighted by Gasteiger charge is -2.07. The molecule has 10 nitrogen and oxygen atoms in total. The fourth-order valence-electron chi connectivity index (χ4n) is 2.02. The van der Waals surface area contributed by atoms with Crippen LogP contribution in [-0.2, 0) is 16.2 Å². The molecule has 3 rings (SSSR count). The molecule has 0 radical (unpaired) electrons. The Morgan fingerprint density at radius 1 is 1.32 bits per heavy atom. The summed E-state index contributed by atoms with van der Waals surface area (Å²) in [4.78, 5) is 12.9. The average molecular weight is 452 g/mol. The lowest BCUT2D eigenvalue weighted by molar-refractivity contribution is -0.141. The number of sulfonamides is 1. The van der Waals surface area contributed by atoms with Crippen molar-refractivity contribution in [3.8, 4) is 11.4 Å². The molecular formula is C12H7F3N6O4S3. The first-order chi connectivity index (χ1) is 13.0. The van der Waals surface area contributed by atoms with Gasteiger partial charge >= 0.3 is 12.1 Å². The lowest BCUT2D eigenvalue weighted by Crippen LogP contribution is -2.13. The van der Waals surface area contributed by atoms with Gasteiger partial charge in [0.2, 0.25) is 15.8 Å². The van der Waals surface area contributed by atoms with Crippen LogP contribution in [0.15, 0.2) is 32.3 Å². The van der Waals surface area contributed by atoms with Gasteiger partial charge in [0.15, 0.2) is 10.0 Å². The Bertz CT molecular complexity index is 1140. The monoisotopic (exact) mass is 452 g/mol. The van der Waals surface area contributed by atoms with E-state index in [1.54, 1.807) is 0 Å². The van der Waals surface area contributed by atoms with Crippen LogP contribution in [0.5, 0.6) is 0 Å². The van der Waals surface area contributed by atoms with E-state index in [1.807, 2.05) is 0 Å². The molecule has 4 N–H and O–H groups in total. The van der Waals surface area contributed by atoms with Gasteiger partial charge < -0.3 is 5.11 Å². The number of primary sulfonamides is 1. The van der Waals surface area contributed by atoms with Gasteiger partial charge in [0, 0.05) is 10.5 Å². The molecule has 0 unspecified atom stereocenters. The molecule has 0 amide bonds. The number of aromatic carboxylic acids is 1. The highest BCUT2D eigenvalue weighted by molar-refractivity contribution is 8.01. The number of alkyl halides is 3. The number of nitrogens with zero attached hydrogens (tertiary/aromatic N) is 4. The van der Waals surface area contributed by atoms with Crippen molar-refractivity contribution in [2.75, 3.05) is 0 Å². The van der Waals surface area contributed by atoms with E-state index in [2.05, 4.69) is 25.6 Å². The minimum Gasteiger partial charge on any atom is -0.477 e. The second kappa shape index (κ2) is 7.12. The largest absolute Gasteiger partial charge is 0.477 e. The molecule has 0 aliphatic heterocycles. The van der Waals surface area contributed by atoms with Crippen LogP contribution in [0.4, 0.5) is 13.2 Å². The van der Waals surface area contributed by atoms with Crippen molar-refractivity contribution < 1.29 is 31.5 Å². The van der Waals surface area contributed by atoms with Crippen molar-refractivity contribution in [1.82, 2.24) is 25.6 Å². The fraction of sp³-hybridized carbons (Fsp3) is 0.0833. The van der Waals surface area contributed by atoms with Crippen LogP contribution < -0.4 is 5.14 Å². The molecule has 0 fully saturated rings. The molecule has 0 spiro atoms. The molecule has 0 aliphatic rings. The van der Waals surface area contributed by atoms with Crippen LogP contribution in [0.2, 0.25) is 0 Å². The molecule has 2 heterocycles. The second-order valence-electron chi connectivity index (χ2n) is 5.00. The third-order valence-electron chi connectivity index (χ3n) is 3.12. The first-order valence-electron chi connectivity index (χ1n) is 6.86. The highest BCUT2D eigenvalue weighted by Gasteiger charge is 2.40. The van der Waals surface area contributed by atoms with Crippen LogP contribution in [0.3, 0.4) is 0 Å². The van der Waals surface area contributed by atoms with Crippen molar-refractivity contribution in [2.24, 2.45) is 5.14 Å². The Kier molecular flexibility index (Phi) is 5.13. The number of H-pyrrole nitrogens is 1. The third-order valence-corrected chi connectivity index (χ3v) is 6.38. The first kappa shape index (κ1) is 20.2. The molecule has 148 valence electrons. The Balaban J connectivity index is 2.11. The molecule has 0 saturated carbocycles. The quantitative estimate of drug-likeness (QED) is 0.524. The maximum absolute atomic E-state index is 13.0. The summed E-state index contributed by atoms with van der Waals surface area (Å²) < 4.78 is 62.3. The lowest BCUT2D eigenvalue weighted by atomic mass is 10.2. The summed E-state index contributed by atoms with van der Waals surface area (Å²) in [6, 6.07) is 3.73. The minimum absolute atomic E-state index is 0.0794. The summed E-state index contributed by atoms with van der Waals surface area (Å²) in [7, 11) is -4.23. The number of aromatic nitrogens is 5. The number of tetrazole rings is 1. The molecule has 2 aromatic heterocycles. The van der Waals surface area contributed by atoms with Gasteiger partial charge in [-0.1, -0.05) is 23.1 Å². The summed E-state index contributed by atoms with van der Waals surface area (Å²) in [5.74, 6) is -1.70. The van der Waals surface area contributed by atoms with Gasteiger partial charge in [0.05, 0.1) is 4.90 Å². The number of aromatic amines is 1. The summed E-state index contributed by atoms with van der Waals surface area (Å²) in [6.45, 7) is 0. The number of carbonyl (C=O) groups is 1. The molecule has 16 heteroatoms. The number of hydrogen-bond donors (Lipinski definition) is 3. The van der Waals surface area contributed by atoms with Gasteiger partial charge in [0.25, 0.3) is 0 Å². The number of halogens is 3. The second-order valence-corrected chi connectivity index (χ2v) is 8.82.